The molecule has 1 aliphatic heterocycles. The van der Waals surface area contributed by atoms with Crippen LogP contribution in [0.15, 0.2) is 58.3 Å². The number of anilines is 2. The van der Waals surface area contributed by atoms with E-state index in [0.29, 0.717) is 27.7 Å². The lowest BCUT2D eigenvalue weighted by atomic mass is 10.2. The van der Waals surface area contributed by atoms with Gasteiger partial charge < -0.3 is 14.8 Å². The van der Waals surface area contributed by atoms with Crippen molar-refractivity contribution in [2.45, 2.75) is 22.8 Å². The van der Waals surface area contributed by atoms with Crippen molar-refractivity contribution in [3.8, 4) is 0 Å². The molecule has 2 aromatic rings. The van der Waals surface area contributed by atoms with Crippen LogP contribution in [0.3, 0.4) is 0 Å². The minimum Gasteiger partial charge on any atom is -0.633 e. The van der Waals surface area contributed by atoms with Crippen LogP contribution in [0.25, 0.3) is 0 Å². The van der Waals surface area contributed by atoms with E-state index in [1.165, 1.54) is 0 Å². The third-order valence-electron chi connectivity index (χ3n) is 4.40. The molecule has 0 N–H and O–H groups in total. The standard InChI is InChI=1S/C17H20N2O3S/c1-13(19(2,3)20)12-18-14-8-4-6-10-16(14)23(21,22)17-11-7-5-9-15(17)18/h4-11,13H,12H2,1-3H3. The number of likely N-dealkylation sites (N-methyl/N-ethyl adjacent to an activating group) is 1. The summed E-state index contributed by atoms with van der Waals surface area (Å²) in [5.41, 5.74) is 1.26. The highest BCUT2D eigenvalue weighted by molar-refractivity contribution is 7.92. The monoisotopic (exact) mass is 332 g/mol. The third kappa shape index (κ3) is 2.63. The second-order valence-corrected chi connectivity index (χ2v) is 8.22. The topological polar surface area (TPSA) is 60.4 Å². The van der Waals surface area contributed by atoms with Gasteiger partial charge in [0.25, 0.3) is 0 Å². The van der Waals surface area contributed by atoms with Gasteiger partial charge in [-0.05, 0) is 31.2 Å². The molecule has 0 saturated heterocycles. The van der Waals surface area contributed by atoms with Crippen molar-refractivity contribution in [3.63, 3.8) is 0 Å². The van der Waals surface area contributed by atoms with Crippen molar-refractivity contribution in [3.05, 3.63) is 53.7 Å². The Hall–Kier alpha value is -1.89. The molecule has 6 heteroatoms. The Morgan fingerprint density at radius 1 is 1.00 bits per heavy atom. The minimum atomic E-state index is -3.53. The summed E-state index contributed by atoms with van der Waals surface area (Å²) >= 11 is 0. The molecular formula is C17H20N2O3S. The average molecular weight is 332 g/mol. The minimum absolute atomic E-state index is 0.211. The van der Waals surface area contributed by atoms with Crippen LogP contribution in [0.2, 0.25) is 0 Å². The lowest BCUT2D eigenvalue weighted by Crippen LogP contribution is -2.48. The van der Waals surface area contributed by atoms with Crippen molar-refractivity contribution in [1.82, 2.24) is 0 Å². The maximum atomic E-state index is 12.8. The van der Waals surface area contributed by atoms with Crippen LogP contribution < -0.4 is 4.90 Å². The Morgan fingerprint density at radius 3 is 1.87 bits per heavy atom. The van der Waals surface area contributed by atoms with Gasteiger partial charge in [-0.25, -0.2) is 8.42 Å². The molecule has 5 nitrogen and oxygen atoms in total. The highest BCUT2D eigenvalue weighted by Crippen LogP contribution is 2.43. The quantitative estimate of drug-likeness (QED) is 0.640. The number of fused-ring (bicyclic) bond motifs is 2. The van der Waals surface area contributed by atoms with Gasteiger partial charge in [0.1, 0.15) is 6.04 Å². The maximum Gasteiger partial charge on any atom is 0.210 e. The zero-order valence-corrected chi connectivity index (χ0v) is 14.2. The van der Waals surface area contributed by atoms with E-state index in [1.54, 1.807) is 50.5 Å². The number of rotatable bonds is 3. The molecule has 0 amide bonds. The van der Waals surface area contributed by atoms with Gasteiger partial charge in [0.05, 0.1) is 41.8 Å². The van der Waals surface area contributed by atoms with Gasteiger partial charge in [0, 0.05) is 0 Å². The van der Waals surface area contributed by atoms with Gasteiger partial charge in [0.15, 0.2) is 0 Å². The predicted molar refractivity (Wildman–Crippen MR) is 90.3 cm³/mol. The van der Waals surface area contributed by atoms with E-state index >= 15 is 0 Å². The number of hydrogen-bond donors (Lipinski definition) is 0. The summed E-state index contributed by atoms with van der Waals surface area (Å²) < 4.78 is 25.2. The molecule has 0 bridgehead atoms. The average Bonchev–Trinajstić information content (AvgIpc) is 2.50. The molecule has 0 saturated carbocycles. The summed E-state index contributed by atoms with van der Waals surface area (Å²) in [5, 5.41) is 12.2. The van der Waals surface area contributed by atoms with E-state index in [9.17, 15) is 13.6 Å². The second-order valence-electron chi connectivity index (χ2n) is 6.33. The first-order valence-electron chi connectivity index (χ1n) is 7.48. The van der Waals surface area contributed by atoms with Gasteiger partial charge in [0.2, 0.25) is 9.84 Å². The van der Waals surface area contributed by atoms with Gasteiger partial charge in [-0.2, -0.15) is 0 Å². The summed E-state index contributed by atoms with van der Waals surface area (Å²) in [6, 6.07) is 13.7. The fourth-order valence-corrected chi connectivity index (χ4v) is 4.38. The number of hydroxylamine groups is 3. The third-order valence-corrected chi connectivity index (χ3v) is 6.25. The Morgan fingerprint density at radius 2 is 1.43 bits per heavy atom. The van der Waals surface area contributed by atoms with Crippen LogP contribution in [-0.2, 0) is 9.84 Å². The van der Waals surface area contributed by atoms with E-state index < -0.39 is 14.5 Å². The molecule has 0 fully saturated rings. The summed E-state index contributed by atoms with van der Waals surface area (Å²) in [6.45, 7) is 2.32. The van der Waals surface area contributed by atoms with Crippen molar-refractivity contribution in [2.75, 3.05) is 25.5 Å². The summed E-state index contributed by atoms with van der Waals surface area (Å²) in [6.07, 6.45) is 0. The highest BCUT2D eigenvalue weighted by Gasteiger charge is 2.35. The highest BCUT2D eigenvalue weighted by atomic mass is 32.2. The van der Waals surface area contributed by atoms with E-state index in [4.69, 9.17) is 0 Å². The molecule has 1 heterocycles. The zero-order valence-electron chi connectivity index (χ0n) is 13.4. The SMILES string of the molecule is CC(CN1c2ccccc2S(=O)(=O)c2ccccc21)[N+](C)(C)[O-]. The molecule has 1 atom stereocenters. The number of para-hydroxylation sites is 2. The van der Waals surface area contributed by atoms with Gasteiger partial charge in [-0.15, -0.1) is 0 Å². The van der Waals surface area contributed by atoms with Gasteiger partial charge in [-0.1, -0.05) is 24.3 Å². The van der Waals surface area contributed by atoms with Gasteiger partial charge >= 0.3 is 0 Å². The van der Waals surface area contributed by atoms with Crippen molar-refractivity contribution in [1.29, 1.82) is 0 Å². The van der Waals surface area contributed by atoms with E-state index in [0.717, 1.165) is 0 Å². The number of hydrogen-bond acceptors (Lipinski definition) is 4. The number of nitrogens with zero attached hydrogens (tertiary/aromatic N) is 2. The van der Waals surface area contributed by atoms with Crippen LogP contribution in [0.4, 0.5) is 11.4 Å². The molecule has 23 heavy (non-hydrogen) atoms. The smallest absolute Gasteiger partial charge is 0.210 e. The second kappa shape index (κ2) is 5.33. The van der Waals surface area contributed by atoms with Crippen molar-refractivity contribution >= 4 is 21.2 Å². The van der Waals surface area contributed by atoms with Gasteiger partial charge in [-0.3, -0.25) is 0 Å². The molecule has 1 aliphatic rings. The normalized spacial score (nSPS) is 17.3. The largest absolute Gasteiger partial charge is 0.633 e. The predicted octanol–water partition coefficient (Wildman–Crippen LogP) is 2.93. The van der Waals surface area contributed by atoms with E-state index in [1.807, 2.05) is 24.0 Å². The molecule has 122 valence electrons. The number of sulfone groups is 1. The fraction of sp³-hybridized carbons (Fsp3) is 0.294. The summed E-state index contributed by atoms with van der Waals surface area (Å²) in [5.74, 6) is 0. The zero-order chi connectivity index (χ0) is 16.8. The Kier molecular flexibility index (Phi) is 3.71. The van der Waals surface area contributed by atoms with Crippen LogP contribution in [-0.4, -0.2) is 39.7 Å². The first kappa shape index (κ1) is 16.0. The van der Waals surface area contributed by atoms with Crippen LogP contribution in [0, 0.1) is 5.21 Å². The molecule has 2 aromatic carbocycles. The maximum absolute atomic E-state index is 12.8. The first-order valence-corrected chi connectivity index (χ1v) is 8.96. The summed E-state index contributed by atoms with van der Waals surface area (Å²) in [7, 11) is -0.330. The Labute approximate surface area is 136 Å². The molecule has 3 rings (SSSR count). The molecule has 0 aliphatic carbocycles. The van der Waals surface area contributed by atoms with E-state index in [-0.39, 0.29) is 6.04 Å². The molecule has 0 radical (unpaired) electrons. The lowest BCUT2D eigenvalue weighted by Gasteiger charge is -2.43. The molecule has 1 unspecified atom stereocenters. The summed E-state index contributed by atoms with van der Waals surface area (Å²) in [4.78, 5) is 2.53. The first-order chi connectivity index (χ1) is 10.7. The van der Waals surface area contributed by atoms with Crippen LogP contribution >= 0.6 is 0 Å². The van der Waals surface area contributed by atoms with Crippen molar-refractivity contribution < 1.29 is 13.1 Å². The van der Waals surface area contributed by atoms with Crippen molar-refractivity contribution in [2.24, 2.45) is 0 Å². The number of quaternary nitrogens is 1. The Bertz CT molecular complexity index is 787. The molecule has 0 aromatic heterocycles. The lowest BCUT2D eigenvalue weighted by molar-refractivity contribution is -0.862. The van der Waals surface area contributed by atoms with E-state index in [2.05, 4.69) is 0 Å². The van der Waals surface area contributed by atoms with Crippen LogP contribution in [0.5, 0.6) is 0 Å². The van der Waals surface area contributed by atoms with Crippen LogP contribution in [0.1, 0.15) is 6.92 Å². The molecule has 0 spiro atoms. The molecular weight excluding hydrogens is 312 g/mol. The number of benzene rings is 2. The fourth-order valence-electron chi connectivity index (χ4n) is 2.72. The Balaban J connectivity index is 2.18.